The smallest absolute Gasteiger partial charge is 0.268 e. The maximum absolute atomic E-state index is 12.6. The first-order valence-electron chi connectivity index (χ1n) is 6.97. The molecule has 0 radical (unpaired) electrons. The second kappa shape index (κ2) is 6.23. The van der Waals surface area contributed by atoms with Gasteiger partial charge in [-0.15, -0.1) is 0 Å². The van der Waals surface area contributed by atoms with Crippen LogP contribution in [0.4, 0.5) is 5.69 Å². The number of carbonyl (C=O) groups excluding carboxylic acids is 2. The largest absolute Gasteiger partial charge is 0.493 e. The molecule has 1 atom stereocenters. The Morgan fingerprint density at radius 3 is 2.68 bits per heavy atom. The lowest BCUT2D eigenvalue weighted by atomic mass is 10.0. The Labute approximate surface area is 128 Å². The zero-order valence-corrected chi connectivity index (χ0v) is 12.8. The Morgan fingerprint density at radius 2 is 2.18 bits per heavy atom. The third-order valence-electron chi connectivity index (χ3n) is 3.46. The maximum Gasteiger partial charge on any atom is 0.268 e. The molecule has 0 aliphatic carbocycles. The van der Waals surface area contributed by atoms with Gasteiger partial charge in [0.2, 0.25) is 5.91 Å². The standard InChI is InChI=1S/C15H20N2O5/c1-8(2)13-15(20)17(6-12(16)19)10-4-9(7-18)5-11(21-3)14(10)22-13/h4-5,8,13,18H,6-7H2,1-3H3,(H2,16,19). The van der Waals surface area contributed by atoms with E-state index in [9.17, 15) is 14.7 Å². The number of aliphatic hydroxyl groups is 1. The molecule has 0 fully saturated rings. The number of primary amides is 1. The van der Waals surface area contributed by atoms with E-state index < -0.39 is 12.0 Å². The number of hydrogen-bond acceptors (Lipinski definition) is 5. The van der Waals surface area contributed by atoms with Crippen molar-refractivity contribution in [2.24, 2.45) is 11.7 Å². The highest BCUT2D eigenvalue weighted by Gasteiger charge is 2.38. The number of benzene rings is 1. The molecule has 1 unspecified atom stereocenters. The summed E-state index contributed by atoms with van der Waals surface area (Å²) in [5.74, 6) is -0.276. The predicted octanol–water partition coefficient (Wildman–Crippen LogP) is 0.423. The quantitative estimate of drug-likeness (QED) is 0.821. The number of fused-ring (bicyclic) bond motifs is 1. The number of ether oxygens (including phenoxy) is 2. The summed E-state index contributed by atoms with van der Waals surface area (Å²) >= 11 is 0. The molecular weight excluding hydrogens is 288 g/mol. The Hall–Kier alpha value is -2.28. The van der Waals surface area contributed by atoms with Crippen LogP contribution >= 0.6 is 0 Å². The number of aliphatic hydroxyl groups excluding tert-OH is 1. The van der Waals surface area contributed by atoms with Gasteiger partial charge in [-0.25, -0.2) is 0 Å². The fraction of sp³-hybridized carbons (Fsp3) is 0.467. The van der Waals surface area contributed by atoms with E-state index in [-0.39, 0.29) is 25.0 Å². The van der Waals surface area contributed by atoms with Crippen molar-refractivity contribution in [3.8, 4) is 11.5 Å². The summed E-state index contributed by atoms with van der Waals surface area (Å²) in [7, 11) is 1.47. The van der Waals surface area contributed by atoms with Crippen LogP contribution in [0.5, 0.6) is 11.5 Å². The minimum absolute atomic E-state index is 0.0850. The van der Waals surface area contributed by atoms with Gasteiger partial charge in [-0.2, -0.15) is 0 Å². The number of nitrogens with zero attached hydrogens (tertiary/aromatic N) is 1. The van der Waals surface area contributed by atoms with Crippen LogP contribution in [0.25, 0.3) is 0 Å². The van der Waals surface area contributed by atoms with Gasteiger partial charge in [0.25, 0.3) is 5.91 Å². The predicted molar refractivity (Wildman–Crippen MR) is 79.7 cm³/mol. The van der Waals surface area contributed by atoms with E-state index in [0.717, 1.165) is 0 Å². The van der Waals surface area contributed by atoms with Gasteiger partial charge in [0.15, 0.2) is 17.6 Å². The minimum Gasteiger partial charge on any atom is -0.493 e. The summed E-state index contributed by atoms with van der Waals surface area (Å²) in [4.78, 5) is 25.2. The molecule has 7 nitrogen and oxygen atoms in total. The lowest BCUT2D eigenvalue weighted by Crippen LogP contribution is -2.51. The summed E-state index contributed by atoms with van der Waals surface area (Å²) in [5, 5.41) is 9.34. The molecule has 0 bridgehead atoms. The van der Waals surface area contributed by atoms with E-state index in [4.69, 9.17) is 15.2 Å². The van der Waals surface area contributed by atoms with Gasteiger partial charge in [-0.1, -0.05) is 13.8 Å². The summed E-state index contributed by atoms with van der Waals surface area (Å²) in [6.07, 6.45) is -0.722. The Balaban J connectivity index is 2.60. The van der Waals surface area contributed by atoms with Crippen LogP contribution < -0.4 is 20.1 Å². The highest BCUT2D eigenvalue weighted by Crippen LogP contribution is 2.43. The van der Waals surface area contributed by atoms with Gasteiger partial charge >= 0.3 is 0 Å². The number of methoxy groups -OCH3 is 1. The van der Waals surface area contributed by atoms with Crippen LogP contribution in [-0.4, -0.2) is 36.7 Å². The van der Waals surface area contributed by atoms with Crippen molar-refractivity contribution >= 4 is 17.5 Å². The Kier molecular flexibility index (Phi) is 4.56. The van der Waals surface area contributed by atoms with E-state index in [1.807, 2.05) is 13.8 Å². The monoisotopic (exact) mass is 308 g/mol. The lowest BCUT2D eigenvalue weighted by Gasteiger charge is -2.36. The summed E-state index contributed by atoms with van der Waals surface area (Å²) in [6, 6.07) is 3.23. The molecule has 7 heteroatoms. The van der Waals surface area contributed by atoms with Crippen molar-refractivity contribution in [1.82, 2.24) is 0 Å². The highest BCUT2D eigenvalue weighted by atomic mass is 16.5. The number of amides is 2. The number of anilines is 1. The van der Waals surface area contributed by atoms with Gasteiger partial charge < -0.3 is 20.3 Å². The molecule has 0 saturated heterocycles. The molecule has 1 aliphatic heterocycles. The zero-order valence-electron chi connectivity index (χ0n) is 12.8. The van der Waals surface area contributed by atoms with Gasteiger partial charge in [0, 0.05) is 0 Å². The Morgan fingerprint density at radius 1 is 1.50 bits per heavy atom. The molecule has 22 heavy (non-hydrogen) atoms. The fourth-order valence-corrected chi connectivity index (χ4v) is 2.39. The van der Waals surface area contributed by atoms with Crippen LogP contribution in [0.1, 0.15) is 19.4 Å². The first-order chi connectivity index (χ1) is 10.4. The third kappa shape index (κ3) is 2.85. The second-order valence-corrected chi connectivity index (χ2v) is 5.48. The van der Waals surface area contributed by atoms with Gasteiger partial charge in [0.05, 0.1) is 19.4 Å². The lowest BCUT2D eigenvalue weighted by molar-refractivity contribution is -0.130. The molecule has 120 valence electrons. The van der Waals surface area contributed by atoms with Crippen molar-refractivity contribution < 1.29 is 24.2 Å². The average Bonchev–Trinajstić information content (AvgIpc) is 2.47. The minimum atomic E-state index is -0.722. The van der Waals surface area contributed by atoms with Crippen LogP contribution in [0.15, 0.2) is 12.1 Å². The first kappa shape index (κ1) is 16.1. The van der Waals surface area contributed by atoms with Crippen molar-refractivity contribution in [3.05, 3.63) is 17.7 Å². The third-order valence-corrected chi connectivity index (χ3v) is 3.46. The second-order valence-electron chi connectivity index (χ2n) is 5.48. The molecule has 1 aromatic rings. The molecular formula is C15H20N2O5. The van der Waals surface area contributed by atoms with Crippen molar-refractivity contribution in [2.45, 2.75) is 26.6 Å². The molecule has 1 aromatic carbocycles. The van der Waals surface area contributed by atoms with Gasteiger partial charge in [-0.05, 0) is 23.6 Å². The number of nitrogens with two attached hydrogens (primary N) is 1. The number of hydrogen-bond donors (Lipinski definition) is 2. The van der Waals surface area contributed by atoms with Crippen molar-refractivity contribution in [1.29, 1.82) is 0 Å². The summed E-state index contributed by atoms with van der Waals surface area (Å²) in [5.41, 5.74) is 6.18. The van der Waals surface area contributed by atoms with Gasteiger partial charge in [-0.3, -0.25) is 14.5 Å². The number of carbonyl (C=O) groups is 2. The van der Waals surface area contributed by atoms with Crippen molar-refractivity contribution in [2.75, 3.05) is 18.6 Å². The summed E-state index contributed by atoms with van der Waals surface area (Å²) in [6.45, 7) is 3.22. The molecule has 0 aromatic heterocycles. The molecule has 0 spiro atoms. The van der Waals surface area contributed by atoms with Crippen LogP contribution in [0.2, 0.25) is 0 Å². The van der Waals surface area contributed by atoms with Gasteiger partial charge in [0.1, 0.15) is 6.54 Å². The zero-order chi connectivity index (χ0) is 16.4. The first-order valence-corrected chi connectivity index (χ1v) is 6.97. The highest BCUT2D eigenvalue weighted by molar-refractivity contribution is 6.04. The average molecular weight is 308 g/mol. The molecule has 3 N–H and O–H groups in total. The van der Waals surface area contributed by atoms with Crippen molar-refractivity contribution in [3.63, 3.8) is 0 Å². The van der Waals surface area contributed by atoms with Crippen LogP contribution in [-0.2, 0) is 16.2 Å². The van der Waals surface area contributed by atoms with E-state index in [2.05, 4.69) is 0 Å². The Bertz CT molecular complexity index is 600. The van der Waals surface area contributed by atoms with E-state index in [0.29, 0.717) is 22.7 Å². The van der Waals surface area contributed by atoms with Crippen LogP contribution in [0, 0.1) is 5.92 Å². The normalized spacial score (nSPS) is 17.2. The molecule has 2 amide bonds. The molecule has 1 aliphatic rings. The summed E-state index contributed by atoms with van der Waals surface area (Å²) < 4.78 is 11.1. The number of rotatable bonds is 5. The fourth-order valence-electron chi connectivity index (χ4n) is 2.39. The SMILES string of the molecule is COc1cc(CO)cc2c1OC(C(C)C)C(=O)N2CC(N)=O. The topological polar surface area (TPSA) is 102 Å². The van der Waals surface area contributed by atoms with E-state index in [1.54, 1.807) is 12.1 Å². The molecule has 2 rings (SSSR count). The van der Waals surface area contributed by atoms with E-state index in [1.165, 1.54) is 12.0 Å². The van der Waals surface area contributed by atoms with Crippen LogP contribution in [0.3, 0.4) is 0 Å². The molecule has 0 saturated carbocycles. The maximum atomic E-state index is 12.6. The molecule has 1 heterocycles. The van der Waals surface area contributed by atoms with E-state index >= 15 is 0 Å².